The fourth-order valence-electron chi connectivity index (χ4n) is 4.28. The first-order chi connectivity index (χ1) is 16.3. The minimum absolute atomic E-state index is 0.124. The summed E-state index contributed by atoms with van der Waals surface area (Å²) in [4.78, 5) is 39.8. The molecule has 168 valence electrons. The van der Waals surface area contributed by atoms with Crippen molar-refractivity contribution in [3.63, 3.8) is 0 Å². The molecule has 0 radical (unpaired) electrons. The summed E-state index contributed by atoms with van der Waals surface area (Å²) in [5.74, 6) is -1.04. The molecular formula is C26H18BrN3O4. The normalized spacial score (nSPS) is 12.9. The summed E-state index contributed by atoms with van der Waals surface area (Å²) in [6.45, 7) is 3.69. The topological polar surface area (TPSA) is 92.6 Å². The zero-order chi connectivity index (χ0) is 24.1. The molecule has 7 nitrogen and oxygen atoms in total. The van der Waals surface area contributed by atoms with E-state index >= 15 is 0 Å². The number of nitro groups is 1. The van der Waals surface area contributed by atoms with Gasteiger partial charge in [0.15, 0.2) is 0 Å². The van der Waals surface area contributed by atoms with E-state index in [0.29, 0.717) is 27.7 Å². The van der Waals surface area contributed by atoms with Crippen molar-refractivity contribution < 1.29 is 14.5 Å². The average molecular weight is 516 g/mol. The van der Waals surface area contributed by atoms with Crippen LogP contribution in [0.25, 0.3) is 10.8 Å². The number of hydrogen-bond acceptors (Lipinski definition) is 5. The third kappa shape index (κ3) is 3.43. The largest absolute Gasteiger partial charge is 0.349 e. The fraction of sp³-hybridized carbons (Fsp3) is 0.0769. The molecule has 1 aliphatic heterocycles. The quantitative estimate of drug-likeness (QED) is 0.186. The summed E-state index contributed by atoms with van der Waals surface area (Å²) < 4.78 is 0.868. The second kappa shape index (κ2) is 8.07. The maximum atomic E-state index is 13.6. The van der Waals surface area contributed by atoms with Crippen LogP contribution in [-0.2, 0) is 0 Å². The first-order valence-electron chi connectivity index (χ1n) is 10.5. The molecule has 5 rings (SSSR count). The predicted molar refractivity (Wildman–Crippen MR) is 135 cm³/mol. The van der Waals surface area contributed by atoms with Gasteiger partial charge >= 0.3 is 0 Å². The number of aryl methyl sites for hydroxylation is 2. The Morgan fingerprint density at radius 2 is 1.62 bits per heavy atom. The number of nitrogens with zero attached hydrogens (tertiary/aromatic N) is 2. The molecular weight excluding hydrogens is 498 g/mol. The van der Waals surface area contributed by atoms with Gasteiger partial charge in [0.25, 0.3) is 17.5 Å². The van der Waals surface area contributed by atoms with Gasteiger partial charge in [0, 0.05) is 32.6 Å². The lowest BCUT2D eigenvalue weighted by molar-refractivity contribution is -0.383. The van der Waals surface area contributed by atoms with Crippen molar-refractivity contribution in [3.8, 4) is 0 Å². The Morgan fingerprint density at radius 3 is 2.32 bits per heavy atom. The van der Waals surface area contributed by atoms with Gasteiger partial charge in [-0.2, -0.15) is 0 Å². The molecule has 0 saturated carbocycles. The Bertz CT molecular complexity index is 1530. The number of anilines is 3. The highest BCUT2D eigenvalue weighted by Crippen LogP contribution is 2.42. The predicted octanol–water partition coefficient (Wildman–Crippen LogP) is 6.67. The number of rotatable bonds is 4. The molecule has 0 saturated heterocycles. The van der Waals surface area contributed by atoms with Crippen LogP contribution in [0.4, 0.5) is 22.7 Å². The number of nitro benzene ring substituents is 1. The van der Waals surface area contributed by atoms with Gasteiger partial charge in [0.05, 0.1) is 16.2 Å². The molecule has 0 aliphatic carbocycles. The molecule has 4 aromatic rings. The van der Waals surface area contributed by atoms with Crippen LogP contribution in [0.3, 0.4) is 0 Å². The lowest BCUT2D eigenvalue weighted by atomic mass is 9.91. The van der Waals surface area contributed by atoms with Crippen LogP contribution >= 0.6 is 15.9 Å². The van der Waals surface area contributed by atoms with Crippen LogP contribution in [0.15, 0.2) is 71.2 Å². The van der Waals surface area contributed by atoms with Crippen LogP contribution in [-0.4, -0.2) is 16.7 Å². The Labute approximate surface area is 203 Å². The van der Waals surface area contributed by atoms with E-state index < -0.39 is 16.7 Å². The molecule has 0 spiro atoms. The van der Waals surface area contributed by atoms with Crippen molar-refractivity contribution in [2.24, 2.45) is 0 Å². The van der Waals surface area contributed by atoms with Gasteiger partial charge in [0.2, 0.25) is 0 Å². The van der Waals surface area contributed by atoms with Crippen molar-refractivity contribution in [2.75, 3.05) is 10.2 Å². The summed E-state index contributed by atoms with van der Waals surface area (Å²) in [6, 6.07) is 19.0. The van der Waals surface area contributed by atoms with E-state index in [9.17, 15) is 19.7 Å². The zero-order valence-corrected chi connectivity index (χ0v) is 19.8. The van der Waals surface area contributed by atoms with E-state index in [4.69, 9.17) is 0 Å². The van der Waals surface area contributed by atoms with E-state index in [-0.39, 0.29) is 16.9 Å². The van der Waals surface area contributed by atoms with Crippen molar-refractivity contribution in [2.45, 2.75) is 13.8 Å². The molecule has 0 aromatic heterocycles. The number of imide groups is 1. The van der Waals surface area contributed by atoms with Crippen molar-refractivity contribution in [1.82, 2.24) is 0 Å². The minimum atomic E-state index is -0.583. The standard InChI is InChI=1S/C26H18BrN3O4/c1-14-6-7-15(2)21(12-14)29-25(31)19-5-3-4-18-23(19)20(26(29)32)13-22(30(33)34)24(18)28-17-10-8-16(27)9-11-17/h3-13,28H,1-2H3. The summed E-state index contributed by atoms with van der Waals surface area (Å²) in [5, 5.41) is 16.0. The maximum absolute atomic E-state index is 13.6. The number of halogens is 1. The van der Waals surface area contributed by atoms with E-state index in [2.05, 4.69) is 21.2 Å². The number of hydrogen-bond donors (Lipinski definition) is 1. The third-order valence-corrected chi connectivity index (χ3v) is 6.45. The number of amides is 2. The van der Waals surface area contributed by atoms with Gasteiger partial charge in [-0.1, -0.05) is 40.2 Å². The number of nitrogens with one attached hydrogen (secondary N) is 1. The Kier molecular flexibility index (Phi) is 5.17. The Hall–Kier alpha value is -4.04. The maximum Gasteiger partial charge on any atom is 0.294 e. The molecule has 1 N–H and O–H groups in total. The summed E-state index contributed by atoms with van der Waals surface area (Å²) in [6.07, 6.45) is 0. The first-order valence-corrected chi connectivity index (χ1v) is 11.3. The second-order valence-corrected chi connectivity index (χ2v) is 9.09. The van der Waals surface area contributed by atoms with Crippen molar-refractivity contribution >= 4 is 61.3 Å². The summed E-state index contributed by atoms with van der Waals surface area (Å²) in [5.41, 5.74) is 3.19. The van der Waals surface area contributed by atoms with Gasteiger partial charge in [-0.05, 0) is 61.4 Å². The highest BCUT2D eigenvalue weighted by molar-refractivity contribution is 9.10. The summed E-state index contributed by atoms with van der Waals surface area (Å²) in [7, 11) is 0. The van der Waals surface area contributed by atoms with E-state index in [0.717, 1.165) is 20.5 Å². The molecule has 1 heterocycles. The Balaban J connectivity index is 1.76. The molecule has 0 unspecified atom stereocenters. The second-order valence-electron chi connectivity index (χ2n) is 8.17. The van der Waals surface area contributed by atoms with Crippen LogP contribution in [0.2, 0.25) is 0 Å². The molecule has 0 bridgehead atoms. The average Bonchev–Trinajstić information content (AvgIpc) is 2.81. The van der Waals surface area contributed by atoms with Crippen molar-refractivity contribution in [3.05, 3.63) is 104 Å². The third-order valence-electron chi connectivity index (χ3n) is 5.92. The van der Waals surface area contributed by atoms with Gasteiger partial charge in [-0.15, -0.1) is 0 Å². The van der Waals surface area contributed by atoms with Gasteiger partial charge in [-0.25, -0.2) is 4.90 Å². The molecule has 0 fully saturated rings. The molecule has 8 heteroatoms. The monoisotopic (exact) mass is 515 g/mol. The SMILES string of the molecule is Cc1ccc(C)c(N2C(=O)c3cccc4c(Nc5ccc(Br)cc5)c([N+](=O)[O-])cc(c34)C2=O)c1. The molecule has 34 heavy (non-hydrogen) atoms. The van der Waals surface area contributed by atoms with Crippen LogP contribution in [0.1, 0.15) is 31.8 Å². The van der Waals surface area contributed by atoms with Gasteiger partial charge in [0.1, 0.15) is 5.69 Å². The molecule has 1 aliphatic rings. The van der Waals surface area contributed by atoms with Crippen LogP contribution in [0, 0.1) is 24.0 Å². The number of benzene rings is 4. The van der Waals surface area contributed by atoms with Crippen LogP contribution in [0.5, 0.6) is 0 Å². The number of carbonyl (C=O) groups excluding carboxylic acids is 2. The van der Waals surface area contributed by atoms with E-state index in [1.807, 2.05) is 38.1 Å². The van der Waals surface area contributed by atoms with Gasteiger partial charge < -0.3 is 5.32 Å². The van der Waals surface area contributed by atoms with Crippen LogP contribution < -0.4 is 10.2 Å². The highest BCUT2D eigenvalue weighted by atomic mass is 79.9. The molecule has 2 amide bonds. The minimum Gasteiger partial charge on any atom is -0.349 e. The number of carbonyl (C=O) groups is 2. The lowest BCUT2D eigenvalue weighted by Gasteiger charge is -2.29. The highest BCUT2D eigenvalue weighted by Gasteiger charge is 2.37. The smallest absolute Gasteiger partial charge is 0.294 e. The van der Waals surface area contributed by atoms with E-state index in [1.165, 1.54) is 6.07 Å². The summed E-state index contributed by atoms with van der Waals surface area (Å²) >= 11 is 3.38. The van der Waals surface area contributed by atoms with Crippen molar-refractivity contribution in [1.29, 1.82) is 0 Å². The molecule has 4 aromatic carbocycles. The Morgan fingerprint density at radius 1 is 0.912 bits per heavy atom. The zero-order valence-electron chi connectivity index (χ0n) is 18.3. The molecule has 0 atom stereocenters. The van der Waals surface area contributed by atoms with E-state index in [1.54, 1.807) is 36.4 Å². The van der Waals surface area contributed by atoms with Gasteiger partial charge in [-0.3, -0.25) is 19.7 Å². The lowest BCUT2D eigenvalue weighted by Crippen LogP contribution is -2.41. The fourth-order valence-corrected chi connectivity index (χ4v) is 4.55. The first kappa shape index (κ1) is 21.8.